The molecule has 22 heavy (non-hydrogen) atoms. The second-order valence-electron chi connectivity index (χ2n) is 5.59. The molecule has 1 heterocycles. The first-order valence-electron chi connectivity index (χ1n) is 7.49. The minimum atomic E-state index is 0.0563. The van der Waals surface area contributed by atoms with Gasteiger partial charge in [-0.2, -0.15) is 0 Å². The zero-order valence-corrected chi connectivity index (χ0v) is 12.9. The van der Waals surface area contributed by atoms with Crippen LogP contribution in [0.3, 0.4) is 0 Å². The highest BCUT2D eigenvalue weighted by atomic mass is 16.1. The number of carbonyl (C=O) groups excluding carboxylic acids is 1. The van der Waals surface area contributed by atoms with Gasteiger partial charge in [-0.3, -0.25) is 4.79 Å². The highest BCUT2D eigenvalue weighted by Crippen LogP contribution is 2.30. The summed E-state index contributed by atoms with van der Waals surface area (Å²) in [6, 6.07) is 18.8. The molecule has 3 nitrogen and oxygen atoms in total. The normalized spacial score (nSPS) is 12.3. The predicted molar refractivity (Wildman–Crippen MR) is 89.9 cm³/mol. The third kappa shape index (κ3) is 2.75. The van der Waals surface area contributed by atoms with Gasteiger partial charge in [0.15, 0.2) is 0 Å². The fourth-order valence-electron chi connectivity index (χ4n) is 2.90. The maximum absolute atomic E-state index is 11.9. The molecular formula is C19H20N2O. The number of benzene rings is 2. The van der Waals surface area contributed by atoms with E-state index in [0.29, 0.717) is 6.42 Å². The van der Waals surface area contributed by atoms with Gasteiger partial charge in [0.05, 0.1) is 0 Å². The van der Waals surface area contributed by atoms with E-state index >= 15 is 0 Å². The van der Waals surface area contributed by atoms with Crippen molar-refractivity contribution in [3.05, 3.63) is 71.9 Å². The number of amides is 1. The van der Waals surface area contributed by atoms with Crippen molar-refractivity contribution < 1.29 is 4.79 Å². The molecule has 0 aliphatic rings. The van der Waals surface area contributed by atoms with Crippen LogP contribution in [0, 0.1) is 0 Å². The van der Waals surface area contributed by atoms with Crippen molar-refractivity contribution >= 4 is 16.8 Å². The van der Waals surface area contributed by atoms with Crippen LogP contribution in [0.25, 0.3) is 10.9 Å². The van der Waals surface area contributed by atoms with E-state index in [9.17, 15) is 4.79 Å². The van der Waals surface area contributed by atoms with Gasteiger partial charge in [-0.05, 0) is 28.6 Å². The molecule has 1 N–H and O–H groups in total. The highest BCUT2D eigenvalue weighted by Gasteiger charge is 2.18. The third-order valence-electron chi connectivity index (χ3n) is 4.18. The molecule has 0 radical (unpaired) electrons. The number of nitrogens with zero attached hydrogens (tertiary/aromatic N) is 1. The lowest BCUT2D eigenvalue weighted by Gasteiger charge is -2.18. The number of rotatable bonds is 4. The Balaban J connectivity index is 2.06. The fraction of sp³-hybridized carbons (Fsp3) is 0.211. The molecule has 2 aromatic carbocycles. The molecule has 0 saturated carbocycles. The Labute approximate surface area is 130 Å². The van der Waals surface area contributed by atoms with Crippen molar-refractivity contribution in [2.45, 2.75) is 12.3 Å². The minimum absolute atomic E-state index is 0.0563. The van der Waals surface area contributed by atoms with Gasteiger partial charge in [0.25, 0.3) is 0 Å². The summed E-state index contributed by atoms with van der Waals surface area (Å²) in [5.74, 6) is 0.126. The monoisotopic (exact) mass is 292 g/mol. The summed E-state index contributed by atoms with van der Waals surface area (Å²) in [6.45, 7) is 0. The van der Waals surface area contributed by atoms with E-state index in [-0.39, 0.29) is 11.8 Å². The van der Waals surface area contributed by atoms with Crippen molar-refractivity contribution in [3.8, 4) is 0 Å². The summed E-state index contributed by atoms with van der Waals surface area (Å²) in [6.07, 6.45) is 2.52. The van der Waals surface area contributed by atoms with Crippen LogP contribution < -0.4 is 5.32 Å². The van der Waals surface area contributed by atoms with E-state index in [0.717, 1.165) is 0 Å². The second kappa shape index (κ2) is 6.06. The van der Waals surface area contributed by atoms with Gasteiger partial charge in [0.2, 0.25) is 5.91 Å². The van der Waals surface area contributed by atoms with Crippen molar-refractivity contribution in [2.75, 3.05) is 7.05 Å². The Hall–Kier alpha value is -2.55. The molecule has 3 aromatic rings. The number of fused-ring (bicyclic) bond motifs is 1. The smallest absolute Gasteiger partial charge is 0.220 e. The van der Waals surface area contributed by atoms with Gasteiger partial charge in [-0.1, -0.05) is 42.5 Å². The molecule has 0 spiro atoms. The lowest BCUT2D eigenvalue weighted by atomic mass is 9.88. The van der Waals surface area contributed by atoms with E-state index < -0.39 is 0 Å². The number of hydrogen-bond donors (Lipinski definition) is 1. The van der Waals surface area contributed by atoms with E-state index in [1.54, 1.807) is 7.05 Å². The van der Waals surface area contributed by atoms with Crippen LogP contribution >= 0.6 is 0 Å². The van der Waals surface area contributed by atoms with E-state index in [4.69, 9.17) is 0 Å². The Morgan fingerprint density at radius 3 is 2.59 bits per heavy atom. The summed E-state index contributed by atoms with van der Waals surface area (Å²) in [5.41, 5.74) is 3.53. The summed E-state index contributed by atoms with van der Waals surface area (Å²) in [7, 11) is 3.73. The van der Waals surface area contributed by atoms with Crippen LogP contribution in [-0.2, 0) is 11.8 Å². The van der Waals surface area contributed by atoms with Crippen molar-refractivity contribution in [2.24, 2.45) is 7.05 Å². The first-order chi connectivity index (χ1) is 10.7. The predicted octanol–water partition coefficient (Wildman–Crippen LogP) is 3.45. The average Bonchev–Trinajstić information content (AvgIpc) is 2.94. The molecule has 112 valence electrons. The molecule has 3 heteroatoms. The standard InChI is InChI=1S/C19H20N2O/c1-20-19(22)13-17(14-6-4-3-5-7-14)16-9-8-15-10-11-21(2)18(15)12-16/h3-12,17H,13H2,1-2H3,(H,20,22). The quantitative estimate of drug-likeness (QED) is 0.785. The molecule has 3 rings (SSSR count). The van der Waals surface area contributed by atoms with Crippen molar-refractivity contribution in [1.29, 1.82) is 0 Å². The molecule has 1 atom stereocenters. The lowest BCUT2D eigenvalue weighted by molar-refractivity contribution is -0.120. The molecule has 1 aromatic heterocycles. The van der Waals surface area contributed by atoms with Gasteiger partial charge in [0.1, 0.15) is 0 Å². The van der Waals surface area contributed by atoms with Crippen LogP contribution in [0.4, 0.5) is 0 Å². The first-order valence-corrected chi connectivity index (χ1v) is 7.49. The van der Waals surface area contributed by atoms with Gasteiger partial charge >= 0.3 is 0 Å². The Morgan fingerprint density at radius 2 is 1.86 bits per heavy atom. The zero-order valence-electron chi connectivity index (χ0n) is 12.9. The number of carbonyl (C=O) groups is 1. The first kappa shape index (κ1) is 14.4. The van der Waals surface area contributed by atoms with E-state index in [1.165, 1.54) is 22.0 Å². The molecule has 0 aliphatic carbocycles. The van der Waals surface area contributed by atoms with Crippen molar-refractivity contribution in [1.82, 2.24) is 9.88 Å². The number of aryl methyl sites for hydroxylation is 1. The maximum Gasteiger partial charge on any atom is 0.220 e. The molecule has 0 aliphatic heterocycles. The number of hydrogen-bond acceptors (Lipinski definition) is 1. The Morgan fingerprint density at radius 1 is 1.09 bits per heavy atom. The third-order valence-corrected chi connectivity index (χ3v) is 4.18. The van der Waals surface area contributed by atoms with E-state index in [2.05, 4.69) is 52.5 Å². The minimum Gasteiger partial charge on any atom is -0.359 e. The Bertz CT molecular complexity index is 790. The summed E-state index contributed by atoms with van der Waals surface area (Å²) >= 11 is 0. The second-order valence-corrected chi connectivity index (χ2v) is 5.59. The SMILES string of the molecule is CNC(=O)CC(c1ccccc1)c1ccc2ccn(C)c2c1. The summed E-state index contributed by atoms with van der Waals surface area (Å²) in [5, 5.41) is 3.95. The van der Waals surface area contributed by atoms with E-state index in [1.807, 2.05) is 25.2 Å². The highest BCUT2D eigenvalue weighted by molar-refractivity contribution is 5.82. The lowest BCUT2D eigenvalue weighted by Crippen LogP contribution is -2.21. The topological polar surface area (TPSA) is 34.0 Å². The molecular weight excluding hydrogens is 272 g/mol. The van der Waals surface area contributed by atoms with Gasteiger partial charge in [-0.15, -0.1) is 0 Å². The van der Waals surface area contributed by atoms with Crippen LogP contribution in [0.15, 0.2) is 60.8 Å². The summed E-state index contributed by atoms with van der Waals surface area (Å²) in [4.78, 5) is 11.9. The Kier molecular flexibility index (Phi) is 3.96. The van der Waals surface area contributed by atoms with Gasteiger partial charge in [-0.25, -0.2) is 0 Å². The van der Waals surface area contributed by atoms with Crippen LogP contribution in [0.5, 0.6) is 0 Å². The molecule has 1 amide bonds. The largest absolute Gasteiger partial charge is 0.359 e. The fourth-order valence-corrected chi connectivity index (χ4v) is 2.90. The van der Waals surface area contributed by atoms with Crippen LogP contribution in [0.1, 0.15) is 23.5 Å². The van der Waals surface area contributed by atoms with Gasteiger partial charge in [0, 0.05) is 38.1 Å². The maximum atomic E-state index is 11.9. The molecule has 0 fully saturated rings. The molecule has 1 unspecified atom stereocenters. The van der Waals surface area contributed by atoms with Crippen LogP contribution in [-0.4, -0.2) is 17.5 Å². The zero-order chi connectivity index (χ0) is 15.5. The number of aromatic nitrogens is 1. The van der Waals surface area contributed by atoms with Crippen molar-refractivity contribution in [3.63, 3.8) is 0 Å². The molecule has 0 saturated heterocycles. The average molecular weight is 292 g/mol. The summed E-state index contributed by atoms with van der Waals surface area (Å²) < 4.78 is 2.11. The van der Waals surface area contributed by atoms with Gasteiger partial charge < -0.3 is 9.88 Å². The molecule has 0 bridgehead atoms. The number of nitrogens with one attached hydrogen (secondary N) is 1. The van der Waals surface area contributed by atoms with Crippen LogP contribution in [0.2, 0.25) is 0 Å².